The number of rotatable bonds is 3. The molecule has 4 nitrogen and oxygen atoms in total. The van der Waals surface area contributed by atoms with E-state index in [1.54, 1.807) is 12.3 Å². The normalized spacial score (nSPS) is 19.3. The molecule has 98 valence electrons. The number of aromatic nitrogens is 1. The molecule has 4 heteroatoms. The van der Waals surface area contributed by atoms with Gasteiger partial charge in [-0.2, -0.15) is 0 Å². The maximum atomic E-state index is 11.5. The van der Waals surface area contributed by atoms with E-state index >= 15 is 0 Å². The van der Waals surface area contributed by atoms with Gasteiger partial charge in [0.05, 0.1) is 12.7 Å². The third kappa shape index (κ3) is 2.63. The Morgan fingerprint density at radius 1 is 1.56 bits per heavy atom. The average molecular weight is 248 g/mol. The lowest BCUT2D eigenvalue weighted by atomic mass is 9.95. The molecule has 0 amide bonds. The lowest BCUT2D eigenvalue weighted by Gasteiger charge is -2.19. The Bertz CT molecular complexity index is 432. The van der Waals surface area contributed by atoms with Crippen molar-refractivity contribution >= 4 is 11.8 Å². The molecule has 1 aromatic rings. The van der Waals surface area contributed by atoms with E-state index in [1.165, 1.54) is 13.5 Å². The highest BCUT2D eigenvalue weighted by molar-refractivity contribution is 5.90. The summed E-state index contributed by atoms with van der Waals surface area (Å²) in [7, 11) is 1.40. The SMILES string of the molecule is COC(=O)c1ccnc(N2CCC(C(C)C)C2)c1. The van der Waals surface area contributed by atoms with E-state index in [1.807, 2.05) is 6.07 Å². The van der Waals surface area contributed by atoms with E-state index in [0.29, 0.717) is 17.4 Å². The highest BCUT2D eigenvalue weighted by Gasteiger charge is 2.26. The van der Waals surface area contributed by atoms with E-state index < -0.39 is 0 Å². The summed E-state index contributed by atoms with van der Waals surface area (Å²) in [5.74, 6) is 1.98. The van der Waals surface area contributed by atoms with E-state index in [-0.39, 0.29) is 5.97 Å². The van der Waals surface area contributed by atoms with E-state index in [4.69, 9.17) is 4.74 Å². The first-order valence-electron chi connectivity index (χ1n) is 6.41. The number of nitrogens with zero attached hydrogens (tertiary/aromatic N) is 2. The topological polar surface area (TPSA) is 42.4 Å². The van der Waals surface area contributed by atoms with Gasteiger partial charge in [-0.25, -0.2) is 9.78 Å². The van der Waals surface area contributed by atoms with Crippen LogP contribution in [-0.4, -0.2) is 31.2 Å². The van der Waals surface area contributed by atoms with Gasteiger partial charge in [0.1, 0.15) is 5.82 Å². The Morgan fingerprint density at radius 3 is 2.94 bits per heavy atom. The van der Waals surface area contributed by atoms with Crippen LogP contribution >= 0.6 is 0 Å². The van der Waals surface area contributed by atoms with Gasteiger partial charge in [-0.15, -0.1) is 0 Å². The summed E-state index contributed by atoms with van der Waals surface area (Å²) in [4.78, 5) is 18.1. The van der Waals surface area contributed by atoms with E-state index in [0.717, 1.165) is 18.9 Å². The maximum absolute atomic E-state index is 11.5. The minimum Gasteiger partial charge on any atom is -0.465 e. The van der Waals surface area contributed by atoms with Gasteiger partial charge in [0.15, 0.2) is 0 Å². The highest BCUT2D eigenvalue weighted by Crippen LogP contribution is 2.27. The number of carbonyl (C=O) groups is 1. The molecule has 1 fully saturated rings. The van der Waals surface area contributed by atoms with Crippen LogP contribution in [-0.2, 0) is 4.74 Å². The number of esters is 1. The van der Waals surface area contributed by atoms with Crippen LogP contribution in [0.5, 0.6) is 0 Å². The Balaban J connectivity index is 2.12. The lowest BCUT2D eigenvalue weighted by molar-refractivity contribution is 0.0600. The van der Waals surface area contributed by atoms with Crippen molar-refractivity contribution < 1.29 is 9.53 Å². The van der Waals surface area contributed by atoms with Crippen LogP contribution in [0.3, 0.4) is 0 Å². The number of hydrogen-bond acceptors (Lipinski definition) is 4. The van der Waals surface area contributed by atoms with Crippen LogP contribution in [0.4, 0.5) is 5.82 Å². The quantitative estimate of drug-likeness (QED) is 0.770. The number of ether oxygens (including phenoxy) is 1. The van der Waals surface area contributed by atoms with E-state index in [2.05, 4.69) is 23.7 Å². The molecule has 0 aliphatic carbocycles. The zero-order valence-corrected chi connectivity index (χ0v) is 11.2. The smallest absolute Gasteiger partial charge is 0.338 e. The highest BCUT2D eigenvalue weighted by atomic mass is 16.5. The molecule has 0 aromatic carbocycles. The second kappa shape index (κ2) is 5.38. The number of anilines is 1. The van der Waals surface area contributed by atoms with Gasteiger partial charge in [-0.3, -0.25) is 0 Å². The van der Waals surface area contributed by atoms with Crippen LogP contribution < -0.4 is 4.90 Å². The molecule has 1 aliphatic rings. The summed E-state index contributed by atoms with van der Waals surface area (Å²) in [6, 6.07) is 3.50. The van der Waals surface area contributed by atoms with Crippen molar-refractivity contribution in [3.05, 3.63) is 23.9 Å². The van der Waals surface area contributed by atoms with Crippen LogP contribution in [0.25, 0.3) is 0 Å². The third-order valence-corrected chi connectivity index (χ3v) is 3.66. The zero-order valence-electron chi connectivity index (χ0n) is 11.2. The molecule has 0 N–H and O–H groups in total. The summed E-state index contributed by atoms with van der Waals surface area (Å²) in [5, 5.41) is 0. The van der Waals surface area contributed by atoms with Crippen molar-refractivity contribution in [2.45, 2.75) is 20.3 Å². The monoisotopic (exact) mass is 248 g/mol. The van der Waals surface area contributed by atoms with Crippen molar-refractivity contribution in [2.24, 2.45) is 11.8 Å². The molecule has 0 bridgehead atoms. The van der Waals surface area contributed by atoms with Crippen molar-refractivity contribution in [1.29, 1.82) is 0 Å². The molecular weight excluding hydrogens is 228 g/mol. The molecule has 1 aliphatic heterocycles. The fourth-order valence-electron chi connectivity index (χ4n) is 2.38. The molecule has 1 atom stereocenters. The van der Waals surface area contributed by atoms with Crippen molar-refractivity contribution in [3.8, 4) is 0 Å². The minimum atomic E-state index is -0.307. The molecule has 18 heavy (non-hydrogen) atoms. The Hall–Kier alpha value is -1.58. The minimum absolute atomic E-state index is 0.307. The molecule has 0 radical (unpaired) electrons. The molecule has 2 rings (SSSR count). The summed E-state index contributed by atoms with van der Waals surface area (Å²) in [5.41, 5.74) is 0.565. The Kier molecular flexibility index (Phi) is 3.84. The van der Waals surface area contributed by atoms with Gasteiger partial charge in [-0.1, -0.05) is 13.8 Å². The van der Waals surface area contributed by atoms with Crippen LogP contribution in [0.2, 0.25) is 0 Å². The third-order valence-electron chi connectivity index (χ3n) is 3.66. The van der Waals surface area contributed by atoms with Crippen LogP contribution in [0, 0.1) is 11.8 Å². The maximum Gasteiger partial charge on any atom is 0.338 e. The first kappa shape index (κ1) is 12.9. The summed E-state index contributed by atoms with van der Waals surface area (Å²) < 4.78 is 4.73. The summed E-state index contributed by atoms with van der Waals surface area (Å²) in [6.45, 7) is 6.55. The van der Waals surface area contributed by atoms with Crippen LogP contribution in [0.15, 0.2) is 18.3 Å². The number of carbonyl (C=O) groups excluding carboxylic acids is 1. The first-order chi connectivity index (χ1) is 8.61. The van der Waals surface area contributed by atoms with Gasteiger partial charge >= 0.3 is 5.97 Å². The van der Waals surface area contributed by atoms with Crippen molar-refractivity contribution in [3.63, 3.8) is 0 Å². The predicted octanol–water partition coefficient (Wildman–Crippen LogP) is 2.35. The largest absolute Gasteiger partial charge is 0.465 e. The van der Waals surface area contributed by atoms with Gasteiger partial charge in [-0.05, 0) is 30.4 Å². The van der Waals surface area contributed by atoms with Gasteiger partial charge in [0.2, 0.25) is 0 Å². The summed E-state index contributed by atoms with van der Waals surface area (Å²) in [6.07, 6.45) is 2.87. The molecule has 2 heterocycles. The van der Waals surface area contributed by atoms with Gasteiger partial charge < -0.3 is 9.64 Å². The van der Waals surface area contributed by atoms with Gasteiger partial charge in [0, 0.05) is 19.3 Å². The number of methoxy groups -OCH3 is 1. The predicted molar refractivity (Wildman–Crippen MR) is 70.7 cm³/mol. The molecule has 0 saturated carbocycles. The molecule has 1 aromatic heterocycles. The summed E-state index contributed by atoms with van der Waals surface area (Å²) >= 11 is 0. The fraction of sp³-hybridized carbons (Fsp3) is 0.571. The molecule has 0 spiro atoms. The number of pyridine rings is 1. The second-order valence-electron chi connectivity index (χ2n) is 5.13. The Morgan fingerprint density at radius 2 is 2.33 bits per heavy atom. The fourth-order valence-corrected chi connectivity index (χ4v) is 2.38. The van der Waals surface area contributed by atoms with Crippen molar-refractivity contribution in [1.82, 2.24) is 4.98 Å². The zero-order chi connectivity index (χ0) is 13.1. The second-order valence-corrected chi connectivity index (χ2v) is 5.13. The molecule has 1 saturated heterocycles. The lowest BCUT2D eigenvalue weighted by Crippen LogP contribution is -2.22. The van der Waals surface area contributed by atoms with E-state index in [9.17, 15) is 4.79 Å². The van der Waals surface area contributed by atoms with Gasteiger partial charge in [0.25, 0.3) is 0 Å². The molecule has 1 unspecified atom stereocenters. The van der Waals surface area contributed by atoms with Crippen LogP contribution in [0.1, 0.15) is 30.6 Å². The van der Waals surface area contributed by atoms with Crippen molar-refractivity contribution in [2.75, 3.05) is 25.1 Å². The Labute approximate surface area is 108 Å². The molecular formula is C14H20N2O2. The number of hydrogen-bond donors (Lipinski definition) is 0. The standard InChI is InChI=1S/C14H20N2O2/c1-10(2)12-5-7-16(9-12)13-8-11(4-6-15-13)14(17)18-3/h4,6,8,10,12H,5,7,9H2,1-3H3. The average Bonchev–Trinajstić information content (AvgIpc) is 2.88. The first-order valence-corrected chi connectivity index (χ1v) is 6.41.